The van der Waals surface area contributed by atoms with E-state index < -0.39 is 35.6 Å². The third-order valence-electron chi connectivity index (χ3n) is 7.84. The Balaban J connectivity index is 1.29. The Bertz CT molecular complexity index is 1280. The van der Waals surface area contributed by atoms with Crippen molar-refractivity contribution in [2.45, 2.75) is 56.6 Å². The largest absolute Gasteiger partial charge is 0.490 e. The molecule has 0 bridgehead atoms. The fourth-order valence-electron chi connectivity index (χ4n) is 5.52. The summed E-state index contributed by atoms with van der Waals surface area (Å²) in [6, 6.07) is 8.42. The minimum atomic E-state index is -5.39. The fourth-order valence-corrected chi connectivity index (χ4v) is 5.77. The van der Waals surface area contributed by atoms with Crippen LogP contribution in [-0.2, 0) is 10.4 Å². The number of carbonyl (C=O) groups excluding carboxylic acids is 2. The first kappa shape index (κ1) is 31.8. The van der Waals surface area contributed by atoms with E-state index in [2.05, 4.69) is 4.74 Å². The normalized spacial score (nSPS) is 21.0. The Morgan fingerprint density at radius 1 is 1.05 bits per heavy atom. The van der Waals surface area contributed by atoms with Crippen LogP contribution in [0, 0.1) is 11.8 Å². The number of rotatable bonds is 9. The van der Waals surface area contributed by atoms with E-state index in [9.17, 15) is 36.6 Å². The zero-order valence-electron chi connectivity index (χ0n) is 23.0. The van der Waals surface area contributed by atoms with Crippen molar-refractivity contribution in [3.63, 3.8) is 0 Å². The molecule has 2 aromatic rings. The summed E-state index contributed by atoms with van der Waals surface area (Å²) in [5, 5.41) is 11.0. The Morgan fingerprint density at radius 2 is 1.71 bits per heavy atom. The van der Waals surface area contributed by atoms with Crippen molar-refractivity contribution >= 4 is 23.4 Å². The first-order chi connectivity index (χ1) is 19.7. The van der Waals surface area contributed by atoms with Crippen LogP contribution in [0.4, 0.5) is 22.0 Å². The minimum Gasteiger partial charge on any atom is -0.490 e. The zero-order chi connectivity index (χ0) is 30.8. The van der Waals surface area contributed by atoms with Crippen LogP contribution in [0.25, 0.3) is 0 Å². The first-order valence-electron chi connectivity index (χ1n) is 13.5. The Hall–Kier alpha value is -3.12. The highest BCUT2D eigenvalue weighted by Crippen LogP contribution is 2.43. The number of hydrogen-bond donors (Lipinski definition) is 1. The molecule has 1 aliphatic heterocycles. The highest BCUT2D eigenvalue weighted by Gasteiger charge is 2.62. The second-order valence-electron chi connectivity index (χ2n) is 11.0. The molecular formula is C29H32ClF5N2O5. The monoisotopic (exact) mass is 618 g/mol. The van der Waals surface area contributed by atoms with E-state index in [1.165, 1.54) is 4.90 Å². The van der Waals surface area contributed by atoms with Crippen LogP contribution < -0.4 is 9.47 Å². The van der Waals surface area contributed by atoms with Crippen LogP contribution >= 0.6 is 11.6 Å². The van der Waals surface area contributed by atoms with Crippen molar-refractivity contribution in [2.24, 2.45) is 11.8 Å². The van der Waals surface area contributed by atoms with Crippen molar-refractivity contribution in [1.82, 2.24) is 9.80 Å². The number of piperidine rings is 1. The van der Waals surface area contributed by atoms with Crippen LogP contribution in [0.2, 0.25) is 5.02 Å². The number of ether oxygens (including phenoxy) is 2. The number of aliphatic hydroxyl groups is 1. The van der Waals surface area contributed by atoms with Gasteiger partial charge in [0.15, 0.2) is 0 Å². The lowest BCUT2D eigenvalue weighted by molar-refractivity contribution is -0.262. The molecule has 13 heteroatoms. The molecule has 1 heterocycles. The molecule has 0 unspecified atom stereocenters. The van der Waals surface area contributed by atoms with Gasteiger partial charge < -0.3 is 24.4 Å². The average molecular weight is 619 g/mol. The number of alkyl halides is 5. The van der Waals surface area contributed by atoms with Gasteiger partial charge in [0.2, 0.25) is 0 Å². The van der Waals surface area contributed by atoms with Crippen molar-refractivity contribution in [3.05, 3.63) is 58.6 Å². The van der Waals surface area contributed by atoms with Crippen molar-refractivity contribution in [3.8, 4) is 11.5 Å². The average Bonchev–Trinajstić information content (AvgIpc) is 2.90. The lowest BCUT2D eigenvalue weighted by Crippen LogP contribution is -2.57. The predicted molar refractivity (Wildman–Crippen MR) is 144 cm³/mol. The Kier molecular flexibility index (Phi) is 9.56. The number of amides is 2. The van der Waals surface area contributed by atoms with E-state index in [4.69, 9.17) is 16.3 Å². The second-order valence-corrected chi connectivity index (χ2v) is 11.4. The lowest BCUT2D eigenvalue weighted by atomic mass is 9.74. The summed E-state index contributed by atoms with van der Waals surface area (Å²) >= 11 is 6.25. The standard InChI is InChI=1S/C29H32ClF5N2O5/c1-36(2)25(38)23-7-6-21(16-24(23)30)41-22-13-18(14-22)12-17-8-10-37(11-9-17)26(39)28(40,29(33,34)35)19-4-3-5-20(15-19)42-27(31)32/h3-7,15-18,22,27,40H,8-14H2,1-2H3/t18-,22+,28-/m1/s1. The molecule has 2 aromatic carbocycles. The van der Waals surface area contributed by atoms with Crippen LogP contribution in [0.3, 0.4) is 0 Å². The fraction of sp³-hybridized carbons (Fsp3) is 0.517. The maximum Gasteiger partial charge on any atom is 0.430 e. The third-order valence-corrected chi connectivity index (χ3v) is 8.15. The van der Waals surface area contributed by atoms with Crippen molar-refractivity contribution < 1.29 is 46.1 Å². The lowest BCUT2D eigenvalue weighted by Gasteiger charge is -2.41. The smallest absolute Gasteiger partial charge is 0.430 e. The van der Waals surface area contributed by atoms with Crippen LogP contribution in [0.5, 0.6) is 11.5 Å². The predicted octanol–water partition coefficient (Wildman–Crippen LogP) is 5.88. The van der Waals surface area contributed by atoms with Gasteiger partial charge in [-0.1, -0.05) is 23.7 Å². The molecule has 2 aliphatic rings. The molecular weight excluding hydrogens is 587 g/mol. The number of benzene rings is 2. The Morgan fingerprint density at radius 3 is 2.29 bits per heavy atom. The van der Waals surface area contributed by atoms with Crippen LogP contribution in [-0.4, -0.2) is 72.8 Å². The highest BCUT2D eigenvalue weighted by molar-refractivity contribution is 6.34. The van der Waals surface area contributed by atoms with E-state index in [1.54, 1.807) is 32.3 Å². The van der Waals surface area contributed by atoms with Gasteiger partial charge in [-0.2, -0.15) is 22.0 Å². The van der Waals surface area contributed by atoms with E-state index in [0.717, 1.165) is 42.4 Å². The molecule has 42 heavy (non-hydrogen) atoms. The summed E-state index contributed by atoms with van der Waals surface area (Å²) in [7, 11) is 3.27. The van der Waals surface area contributed by atoms with E-state index >= 15 is 0 Å². The van der Waals surface area contributed by atoms with Gasteiger partial charge in [-0.3, -0.25) is 9.59 Å². The van der Waals surface area contributed by atoms with Gasteiger partial charge in [0.25, 0.3) is 17.4 Å². The maximum atomic E-state index is 14.1. The highest BCUT2D eigenvalue weighted by atomic mass is 35.5. The quantitative estimate of drug-likeness (QED) is 0.355. The molecule has 1 atom stereocenters. The molecule has 1 saturated carbocycles. The molecule has 0 radical (unpaired) electrons. The van der Waals surface area contributed by atoms with Gasteiger partial charge in [0, 0.05) is 32.7 Å². The van der Waals surface area contributed by atoms with E-state index in [0.29, 0.717) is 41.2 Å². The molecule has 2 amide bonds. The number of halogens is 6. The molecule has 1 saturated heterocycles. The number of nitrogens with zero attached hydrogens (tertiary/aromatic N) is 2. The van der Waals surface area contributed by atoms with E-state index in [-0.39, 0.29) is 31.0 Å². The molecule has 230 valence electrons. The third kappa shape index (κ3) is 6.91. The summed E-state index contributed by atoms with van der Waals surface area (Å²) in [4.78, 5) is 27.6. The van der Waals surface area contributed by atoms with Gasteiger partial charge in [-0.15, -0.1) is 0 Å². The SMILES string of the molecule is CN(C)C(=O)c1ccc(O[C@H]2C[C@@H](CC3CCN(C(=O)[C@](O)(c4cccc(OC(F)F)c4)C(F)(F)F)CC3)C2)cc1Cl. The minimum absolute atomic E-state index is 0.0188. The van der Waals surface area contributed by atoms with Crippen LogP contribution in [0.15, 0.2) is 42.5 Å². The second kappa shape index (κ2) is 12.6. The molecule has 2 fully saturated rings. The van der Waals surface area contributed by atoms with Gasteiger partial charge in [-0.25, -0.2) is 0 Å². The zero-order valence-corrected chi connectivity index (χ0v) is 23.8. The summed E-state index contributed by atoms with van der Waals surface area (Å²) in [5.74, 6) is -1.24. The molecule has 4 rings (SSSR count). The molecule has 1 N–H and O–H groups in total. The summed E-state index contributed by atoms with van der Waals surface area (Å²) in [6.45, 7) is -3.23. The molecule has 0 spiro atoms. The first-order valence-corrected chi connectivity index (χ1v) is 13.9. The van der Waals surface area contributed by atoms with Crippen molar-refractivity contribution in [2.75, 3.05) is 27.2 Å². The van der Waals surface area contributed by atoms with Gasteiger partial charge in [-0.05, 0) is 74.3 Å². The Labute approximate surface area is 245 Å². The van der Waals surface area contributed by atoms with Gasteiger partial charge >= 0.3 is 12.8 Å². The number of hydrogen-bond acceptors (Lipinski definition) is 5. The van der Waals surface area contributed by atoms with Gasteiger partial charge in [0.1, 0.15) is 11.5 Å². The van der Waals surface area contributed by atoms with E-state index in [1.807, 2.05) is 0 Å². The van der Waals surface area contributed by atoms with Crippen molar-refractivity contribution in [1.29, 1.82) is 0 Å². The summed E-state index contributed by atoms with van der Waals surface area (Å²) in [6.07, 6.45) is -2.07. The topological polar surface area (TPSA) is 79.3 Å². The molecule has 7 nitrogen and oxygen atoms in total. The number of carbonyl (C=O) groups is 2. The van der Waals surface area contributed by atoms with Crippen LogP contribution in [0.1, 0.15) is 48.0 Å². The summed E-state index contributed by atoms with van der Waals surface area (Å²) in [5.41, 5.74) is -4.41. The molecule has 0 aromatic heterocycles. The summed E-state index contributed by atoms with van der Waals surface area (Å²) < 4.78 is 77.5. The molecule has 1 aliphatic carbocycles. The maximum absolute atomic E-state index is 14.1. The van der Waals surface area contributed by atoms with Gasteiger partial charge in [0.05, 0.1) is 16.7 Å². The number of likely N-dealkylation sites (tertiary alicyclic amines) is 1.